The lowest BCUT2D eigenvalue weighted by molar-refractivity contribution is -0.135. The molecule has 0 fully saturated rings. The second-order valence-corrected chi connectivity index (χ2v) is 4.46. The van der Waals surface area contributed by atoms with Crippen molar-refractivity contribution in [3.8, 4) is 18.1 Å². The highest BCUT2D eigenvalue weighted by Gasteiger charge is 2.15. The number of ether oxygens (including phenoxy) is 1. The minimum Gasteiger partial charge on any atom is -0.425 e. The molecule has 0 saturated carbocycles. The van der Waals surface area contributed by atoms with Crippen LogP contribution in [0.4, 0.5) is 0 Å². The average Bonchev–Trinajstić information content (AvgIpc) is 2.39. The molecule has 0 aliphatic heterocycles. The lowest BCUT2D eigenvalue weighted by Crippen LogP contribution is -2.36. The lowest BCUT2D eigenvalue weighted by atomic mass is 10.2. The minimum absolute atomic E-state index is 0.364. The fourth-order valence-electron chi connectivity index (χ4n) is 1.12. The smallest absolute Gasteiger partial charge is 0.329 e. The molecule has 18 heavy (non-hydrogen) atoms. The van der Waals surface area contributed by atoms with Gasteiger partial charge in [0.1, 0.15) is 18.1 Å². The minimum atomic E-state index is -0.714. The van der Waals surface area contributed by atoms with Gasteiger partial charge in [-0.3, -0.25) is 4.79 Å². The second-order valence-electron chi connectivity index (χ2n) is 3.43. The molecule has 5 heteroatoms. The number of carbonyl (C=O) groups is 2. The van der Waals surface area contributed by atoms with Gasteiger partial charge >= 0.3 is 5.97 Å². The molecule has 0 aliphatic carbocycles. The Bertz CT molecular complexity index is 450. The Balaban J connectivity index is 2.47. The zero-order valence-corrected chi connectivity index (χ0v) is 10.5. The van der Waals surface area contributed by atoms with Crippen LogP contribution in [0.5, 0.6) is 5.75 Å². The first-order valence-corrected chi connectivity index (χ1v) is 6.36. The number of esters is 1. The molecule has 0 amide bonds. The lowest BCUT2D eigenvalue weighted by Gasteiger charge is -2.10. The number of carbonyl (C=O) groups excluding carboxylic acids is 2. The molecule has 0 aliphatic rings. The molecule has 0 heterocycles. The van der Waals surface area contributed by atoms with E-state index in [-0.39, 0.29) is 0 Å². The van der Waals surface area contributed by atoms with Gasteiger partial charge in [0.25, 0.3) is 0 Å². The molecule has 0 aromatic heterocycles. The Morgan fingerprint density at radius 3 is 2.72 bits per heavy atom. The Hall–Kier alpha value is -1.77. The van der Waals surface area contributed by atoms with Crippen LogP contribution in [0.15, 0.2) is 24.3 Å². The van der Waals surface area contributed by atoms with Crippen LogP contribution >= 0.6 is 11.8 Å². The van der Waals surface area contributed by atoms with Crippen LogP contribution in [-0.4, -0.2) is 29.8 Å². The first kappa shape index (κ1) is 14.3. The highest BCUT2D eigenvalue weighted by molar-refractivity contribution is 7.99. The van der Waals surface area contributed by atoms with E-state index in [0.717, 1.165) is 0 Å². The standard InChI is InChI=1S/C13H13NO3S/c1-2-7-18-9-12(14)13(16)17-11-5-3-10(8-15)4-6-11/h1,3-6,8,12H,7,9,14H2. The predicted octanol–water partition coefficient (Wildman–Crippen LogP) is 1.10. The van der Waals surface area contributed by atoms with Crippen molar-refractivity contribution in [3.63, 3.8) is 0 Å². The highest BCUT2D eigenvalue weighted by atomic mass is 32.2. The van der Waals surface area contributed by atoms with E-state index in [9.17, 15) is 9.59 Å². The summed E-state index contributed by atoms with van der Waals surface area (Å²) in [4.78, 5) is 22.0. The molecule has 0 bridgehead atoms. The first-order valence-electron chi connectivity index (χ1n) is 5.21. The molecule has 4 nitrogen and oxygen atoms in total. The van der Waals surface area contributed by atoms with Gasteiger partial charge in [-0.2, -0.15) is 0 Å². The molecule has 2 N–H and O–H groups in total. The third kappa shape index (κ3) is 4.62. The van der Waals surface area contributed by atoms with Gasteiger partial charge in [-0.1, -0.05) is 5.92 Å². The molecule has 1 unspecified atom stereocenters. The van der Waals surface area contributed by atoms with Crippen molar-refractivity contribution in [2.75, 3.05) is 11.5 Å². The van der Waals surface area contributed by atoms with Crippen molar-refractivity contribution in [1.29, 1.82) is 0 Å². The maximum atomic E-state index is 11.6. The zero-order chi connectivity index (χ0) is 13.4. The van der Waals surface area contributed by atoms with Gasteiger partial charge in [-0.05, 0) is 24.3 Å². The summed E-state index contributed by atoms with van der Waals surface area (Å²) < 4.78 is 5.06. The summed E-state index contributed by atoms with van der Waals surface area (Å²) in [5.41, 5.74) is 6.16. The molecule has 1 aromatic rings. The van der Waals surface area contributed by atoms with E-state index in [1.807, 2.05) is 0 Å². The number of benzene rings is 1. The topological polar surface area (TPSA) is 69.4 Å². The maximum absolute atomic E-state index is 11.6. The van der Waals surface area contributed by atoms with Crippen LogP contribution < -0.4 is 10.5 Å². The number of rotatable bonds is 6. The van der Waals surface area contributed by atoms with Crippen LogP contribution in [0.3, 0.4) is 0 Å². The normalized spacial score (nSPS) is 11.3. The van der Waals surface area contributed by atoms with Crippen molar-refractivity contribution in [3.05, 3.63) is 29.8 Å². The van der Waals surface area contributed by atoms with E-state index < -0.39 is 12.0 Å². The molecule has 0 saturated heterocycles. The van der Waals surface area contributed by atoms with Crippen LogP contribution in [0.2, 0.25) is 0 Å². The van der Waals surface area contributed by atoms with Gasteiger partial charge in [-0.25, -0.2) is 4.79 Å². The number of terminal acetylenes is 1. The number of hydrogen-bond acceptors (Lipinski definition) is 5. The summed E-state index contributed by atoms with van der Waals surface area (Å²) in [5, 5.41) is 0. The van der Waals surface area contributed by atoms with Crippen LogP contribution in [0, 0.1) is 12.3 Å². The van der Waals surface area contributed by atoms with Gasteiger partial charge in [0.05, 0.1) is 5.75 Å². The van der Waals surface area contributed by atoms with Gasteiger partial charge in [0.15, 0.2) is 0 Å². The molecular formula is C13H13NO3S. The summed E-state index contributed by atoms with van der Waals surface area (Å²) in [6, 6.07) is 5.50. The van der Waals surface area contributed by atoms with Crippen molar-refractivity contribution in [2.45, 2.75) is 6.04 Å². The summed E-state index contributed by atoms with van der Waals surface area (Å²) >= 11 is 1.40. The summed E-state index contributed by atoms with van der Waals surface area (Å²) in [7, 11) is 0. The largest absolute Gasteiger partial charge is 0.425 e. The Morgan fingerprint density at radius 2 is 2.17 bits per heavy atom. The van der Waals surface area contributed by atoms with Gasteiger partial charge in [0.2, 0.25) is 0 Å². The van der Waals surface area contributed by atoms with E-state index in [1.54, 1.807) is 24.3 Å². The zero-order valence-electron chi connectivity index (χ0n) is 9.67. The molecule has 0 radical (unpaired) electrons. The third-order valence-corrected chi connectivity index (χ3v) is 2.99. The monoisotopic (exact) mass is 263 g/mol. The highest BCUT2D eigenvalue weighted by Crippen LogP contribution is 2.12. The Labute approximate surface area is 110 Å². The van der Waals surface area contributed by atoms with Crippen LogP contribution in [0.25, 0.3) is 0 Å². The van der Waals surface area contributed by atoms with Crippen molar-refractivity contribution in [2.24, 2.45) is 5.73 Å². The number of hydrogen-bond donors (Lipinski definition) is 1. The van der Waals surface area contributed by atoms with Gasteiger partial charge < -0.3 is 10.5 Å². The summed E-state index contributed by atoms with van der Waals surface area (Å²) in [5.74, 6) is 3.22. The van der Waals surface area contributed by atoms with Crippen molar-refractivity contribution < 1.29 is 14.3 Å². The summed E-state index contributed by atoms with van der Waals surface area (Å²) in [6.07, 6.45) is 5.80. The molecular weight excluding hydrogens is 250 g/mol. The number of thioether (sulfide) groups is 1. The SMILES string of the molecule is C#CCSCC(N)C(=O)Oc1ccc(C=O)cc1. The van der Waals surface area contributed by atoms with E-state index in [2.05, 4.69) is 5.92 Å². The third-order valence-electron chi connectivity index (χ3n) is 2.02. The van der Waals surface area contributed by atoms with Crippen LogP contribution in [0.1, 0.15) is 10.4 Å². The van der Waals surface area contributed by atoms with Crippen molar-refractivity contribution >= 4 is 24.0 Å². The van der Waals surface area contributed by atoms with E-state index in [1.165, 1.54) is 11.8 Å². The molecule has 94 valence electrons. The Morgan fingerprint density at radius 1 is 1.50 bits per heavy atom. The molecule has 1 atom stereocenters. The molecule has 1 rings (SSSR count). The fraction of sp³-hybridized carbons (Fsp3) is 0.231. The molecule has 0 spiro atoms. The number of aldehydes is 1. The Kier molecular flexibility index (Phi) is 5.98. The predicted molar refractivity (Wildman–Crippen MR) is 71.6 cm³/mol. The average molecular weight is 263 g/mol. The second kappa shape index (κ2) is 7.54. The van der Waals surface area contributed by atoms with Crippen LogP contribution in [-0.2, 0) is 4.79 Å². The van der Waals surface area contributed by atoms with Gasteiger partial charge in [0, 0.05) is 11.3 Å². The maximum Gasteiger partial charge on any atom is 0.329 e. The van der Waals surface area contributed by atoms with E-state index >= 15 is 0 Å². The quantitative estimate of drug-likeness (QED) is 0.274. The van der Waals surface area contributed by atoms with E-state index in [4.69, 9.17) is 16.9 Å². The summed E-state index contributed by atoms with van der Waals surface area (Å²) in [6.45, 7) is 0. The fourth-order valence-corrected chi connectivity index (χ4v) is 1.74. The van der Waals surface area contributed by atoms with Crippen molar-refractivity contribution in [1.82, 2.24) is 0 Å². The van der Waals surface area contributed by atoms with E-state index in [0.29, 0.717) is 29.1 Å². The molecule has 1 aromatic carbocycles. The number of nitrogens with two attached hydrogens (primary N) is 1. The first-order chi connectivity index (χ1) is 8.67. The van der Waals surface area contributed by atoms with Gasteiger partial charge in [-0.15, -0.1) is 18.2 Å².